The van der Waals surface area contributed by atoms with Crippen molar-refractivity contribution in [3.05, 3.63) is 65.7 Å². The van der Waals surface area contributed by atoms with Gasteiger partial charge in [0.1, 0.15) is 11.0 Å². The highest BCUT2D eigenvalue weighted by atomic mass is 32.2. The predicted octanol–water partition coefficient (Wildman–Crippen LogP) is 2.32. The summed E-state index contributed by atoms with van der Waals surface area (Å²) in [7, 11) is 1.58. The third kappa shape index (κ3) is 5.43. The van der Waals surface area contributed by atoms with Crippen LogP contribution in [0.4, 0.5) is 0 Å². The van der Waals surface area contributed by atoms with Crippen LogP contribution in [0.2, 0.25) is 0 Å². The second-order valence-corrected chi connectivity index (χ2v) is 7.14. The Balaban J connectivity index is 1.50. The Morgan fingerprint density at radius 3 is 2.75 bits per heavy atom. The summed E-state index contributed by atoms with van der Waals surface area (Å²) in [5.74, 6) is 0.250. The lowest BCUT2D eigenvalue weighted by atomic mass is 10.2. The summed E-state index contributed by atoms with van der Waals surface area (Å²) in [6.45, 7) is 0.337. The van der Waals surface area contributed by atoms with E-state index < -0.39 is 5.25 Å². The van der Waals surface area contributed by atoms with Crippen molar-refractivity contribution in [3.63, 3.8) is 0 Å². The molecule has 8 heteroatoms. The molecule has 2 amide bonds. The fourth-order valence-corrected chi connectivity index (χ4v) is 3.48. The van der Waals surface area contributed by atoms with Gasteiger partial charge in [0.2, 0.25) is 11.8 Å². The molecule has 0 aromatic heterocycles. The van der Waals surface area contributed by atoms with Gasteiger partial charge in [-0.3, -0.25) is 9.59 Å². The average Bonchev–Trinajstić information content (AvgIpc) is 3.06. The number of nitrogens with zero attached hydrogens (tertiary/aromatic N) is 2. The maximum Gasteiger partial charge on any atom is 0.240 e. The smallest absolute Gasteiger partial charge is 0.240 e. The van der Waals surface area contributed by atoms with Gasteiger partial charge < -0.3 is 15.4 Å². The van der Waals surface area contributed by atoms with Crippen LogP contribution in [0.3, 0.4) is 0 Å². The molecule has 0 unspecified atom stereocenters. The number of rotatable bonds is 7. The SMILES string of the molecule is COc1ccccc1CNC(=O)C[C@H]1S/C(=N/N=C\c2ccccc2)NC1=O. The standard InChI is InChI=1S/C20H20N4O3S/c1-27-16-10-6-5-9-15(16)13-21-18(25)11-17-19(26)23-20(28-17)24-22-12-14-7-3-2-4-8-14/h2-10,12,17H,11,13H2,1H3,(H,21,25)(H,23,24,26)/b22-12-/t17-/m1/s1. The van der Waals surface area contributed by atoms with E-state index in [1.165, 1.54) is 11.8 Å². The van der Waals surface area contributed by atoms with Gasteiger partial charge in [0.15, 0.2) is 5.17 Å². The van der Waals surface area contributed by atoms with E-state index in [9.17, 15) is 9.59 Å². The summed E-state index contributed by atoms with van der Waals surface area (Å²) in [6.07, 6.45) is 1.67. The molecule has 2 aromatic carbocycles. The molecule has 1 heterocycles. The summed E-state index contributed by atoms with van der Waals surface area (Å²) < 4.78 is 5.26. The first-order chi connectivity index (χ1) is 13.7. The first kappa shape index (κ1) is 19.6. The van der Waals surface area contributed by atoms with Crippen LogP contribution in [0.5, 0.6) is 5.75 Å². The number of ether oxygens (including phenoxy) is 1. The summed E-state index contributed by atoms with van der Waals surface area (Å²) in [4.78, 5) is 24.3. The monoisotopic (exact) mass is 396 g/mol. The number of methoxy groups -OCH3 is 1. The van der Waals surface area contributed by atoms with E-state index >= 15 is 0 Å². The number of benzene rings is 2. The lowest BCUT2D eigenvalue weighted by molar-refractivity contribution is -0.125. The van der Waals surface area contributed by atoms with Crippen molar-refractivity contribution in [2.75, 3.05) is 7.11 Å². The molecule has 0 bridgehead atoms. The van der Waals surface area contributed by atoms with Gasteiger partial charge in [0.05, 0.1) is 13.3 Å². The van der Waals surface area contributed by atoms with Crippen LogP contribution in [0.1, 0.15) is 17.5 Å². The van der Waals surface area contributed by atoms with Crippen molar-refractivity contribution in [1.82, 2.24) is 10.6 Å². The van der Waals surface area contributed by atoms with Crippen molar-refractivity contribution < 1.29 is 14.3 Å². The van der Waals surface area contributed by atoms with Crippen LogP contribution in [0.15, 0.2) is 64.8 Å². The van der Waals surface area contributed by atoms with Gasteiger partial charge in [-0.25, -0.2) is 0 Å². The highest BCUT2D eigenvalue weighted by Crippen LogP contribution is 2.23. The van der Waals surface area contributed by atoms with Gasteiger partial charge >= 0.3 is 0 Å². The molecule has 1 aliphatic rings. The maximum atomic E-state index is 12.2. The third-order valence-electron chi connectivity index (χ3n) is 3.97. The molecule has 0 spiro atoms. The van der Waals surface area contributed by atoms with Crippen LogP contribution in [0, 0.1) is 0 Å². The first-order valence-electron chi connectivity index (χ1n) is 8.68. The molecule has 1 aliphatic heterocycles. The molecule has 3 rings (SSSR count). The Kier molecular flexibility index (Phi) is 6.80. The Labute approximate surface area is 167 Å². The average molecular weight is 396 g/mol. The normalized spacial score (nSPS) is 17.7. The molecule has 1 atom stereocenters. The zero-order valence-electron chi connectivity index (χ0n) is 15.3. The number of nitrogens with one attached hydrogen (secondary N) is 2. The predicted molar refractivity (Wildman–Crippen MR) is 110 cm³/mol. The quantitative estimate of drug-likeness (QED) is 0.555. The number of carbonyl (C=O) groups is 2. The van der Waals surface area contributed by atoms with Crippen molar-refractivity contribution in [2.45, 2.75) is 18.2 Å². The Morgan fingerprint density at radius 2 is 1.96 bits per heavy atom. The largest absolute Gasteiger partial charge is 0.496 e. The molecule has 0 aliphatic carbocycles. The summed E-state index contributed by atoms with van der Waals surface area (Å²) in [5, 5.41) is 13.3. The van der Waals surface area contributed by atoms with E-state index in [1.807, 2.05) is 54.6 Å². The second-order valence-electron chi connectivity index (χ2n) is 5.95. The van der Waals surface area contributed by atoms with Gasteiger partial charge in [-0.1, -0.05) is 60.3 Å². The van der Waals surface area contributed by atoms with Crippen LogP contribution in [0.25, 0.3) is 0 Å². The zero-order valence-corrected chi connectivity index (χ0v) is 16.1. The molecule has 1 saturated heterocycles. The lowest BCUT2D eigenvalue weighted by Gasteiger charge is -2.10. The highest BCUT2D eigenvalue weighted by molar-refractivity contribution is 8.15. The maximum absolute atomic E-state index is 12.2. The number of thioether (sulfide) groups is 1. The Morgan fingerprint density at radius 1 is 1.21 bits per heavy atom. The summed E-state index contributed by atoms with van der Waals surface area (Å²) >= 11 is 1.20. The van der Waals surface area contributed by atoms with Crippen LogP contribution in [-0.4, -0.2) is 35.6 Å². The minimum atomic E-state index is -0.525. The van der Waals surface area contributed by atoms with Gasteiger partial charge in [0, 0.05) is 18.5 Å². The van der Waals surface area contributed by atoms with Crippen molar-refractivity contribution in [3.8, 4) is 5.75 Å². The number of hydrogen-bond acceptors (Lipinski definition) is 6. The molecule has 1 fully saturated rings. The van der Waals surface area contributed by atoms with E-state index in [0.29, 0.717) is 17.5 Å². The fraction of sp³-hybridized carbons (Fsp3) is 0.200. The number of carbonyl (C=O) groups excluding carboxylic acids is 2. The topological polar surface area (TPSA) is 92.2 Å². The molecule has 144 valence electrons. The summed E-state index contributed by atoms with van der Waals surface area (Å²) in [6, 6.07) is 17.0. The number of amides is 2. The van der Waals surface area contributed by atoms with E-state index in [1.54, 1.807) is 13.3 Å². The van der Waals surface area contributed by atoms with Gasteiger partial charge in [-0.15, -0.1) is 5.10 Å². The molecule has 0 radical (unpaired) electrons. The lowest BCUT2D eigenvalue weighted by Crippen LogP contribution is -2.31. The molecular formula is C20H20N4O3S. The molecule has 0 saturated carbocycles. The van der Waals surface area contributed by atoms with Crippen molar-refractivity contribution >= 4 is 35.0 Å². The highest BCUT2D eigenvalue weighted by Gasteiger charge is 2.32. The molecular weight excluding hydrogens is 376 g/mol. The number of para-hydroxylation sites is 1. The van der Waals surface area contributed by atoms with Crippen molar-refractivity contribution in [1.29, 1.82) is 0 Å². The van der Waals surface area contributed by atoms with Gasteiger partial charge in [-0.2, -0.15) is 5.10 Å². The van der Waals surface area contributed by atoms with E-state index in [2.05, 4.69) is 20.8 Å². The fourth-order valence-electron chi connectivity index (χ4n) is 2.56. The molecule has 7 nitrogen and oxygen atoms in total. The van der Waals surface area contributed by atoms with Crippen LogP contribution in [-0.2, 0) is 16.1 Å². The van der Waals surface area contributed by atoms with E-state index in [-0.39, 0.29) is 18.2 Å². The van der Waals surface area contributed by atoms with Crippen LogP contribution >= 0.6 is 11.8 Å². The number of hydrogen-bond donors (Lipinski definition) is 2. The molecule has 28 heavy (non-hydrogen) atoms. The minimum absolute atomic E-state index is 0.0626. The molecule has 2 N–H and O–H groups in total. The van der Waals surface area contributed by atoms with Gasteiger partial charge in [-0.05, 0) is 11.6 Å². The third-order valence-corrected chi connectivity index (χ3v) is 5.04. The van der Waals surface area contributed by atoms with E-state index in [0.717, 1.165) is 11.1 Å². The van der Waals surface area contributed by atoms with E-state index in [4.69, 9.17) is 4.74 Å². The number of amidine groups is 1. The van der Waals surface area contributed by atoms with Gasteiger partial charge in [0.25, 0.3) is 0 Å². The van der Waals surface area contributed by atoms with Crippen LogP contribution < -0.4 is 15.4 Å². The first-order valence-corrected chi connectivity index (χ1v) is 9.56. The van der Waals surface area contributed by atoms with Crippen molar-refractivity contribution in [2.24, 2.45) is 10.2 Å². The minimum Gasteiger partial charge on any atom is -0.496 e. The Hall–Kier alpha value is -3.13. The summed E-state index contributed by atoms with van der Waals surface area (Å²) in [5.41, 5.74) is 1.79. The zero-order chi connectivity index (χ0) is 19.8. The second kappa shape index (κ2) is 9.70. The molecule has 2 aromatic rings. The Bertz CT molecular complexity index is 899.